The lowest BCUT2D eigenvalue weighted by molar-refractivity contribution is -0.119. The van der Waals surface area contributed by atoms with Crippen LogP contribution in [0.2, 0.25) is 0 Å². The Morgan fingerprint density at radius 2 is 1.96 bits per heavy atom. The summed E-state index contributed by atoms with van der Waals surface area (Å²) in [7, 11) is 1.69. The first-order valence-corrected chi connectivity index (χ1v) is 9.30. The second-order valence-electron chi connectivity index (χ2n) is 6.14. The predicted molar refractivity (Wildman–Crippen MR) is 103 cm³/mol. The molecule has 0 radical (unpaired) electrons. The highest BCUT2D eigenvalue weighted by atomic mass is 32.2. The minimum absolute atomic E-state index is 0.0489. The van der Waals surface area contributed by atoms with E-state index >= 15 is 0 Å². The molecule has 3 aromatic rings. The summed E-state index contributed by atoms with van der Waals surface area (Å²) in [6.45, 7) is 3.99. The summed E-state index contributed by atoms with van der Waals surface area (Å²) >= 11 is 1.28. The van der Waals surface area contributed by atoms with E-state index in [0.717, 1.165) is 17.2 Å². The molecule has 0 unspecified atom stereocenters. The molecular weight excluding hydrogens is 334 g/mol. The van der Waals surface area contributed by atoms with Gasteiger partial charge < -0.3 is 5.32 Å². The minimum Gasteiger partial charge on any atom is -0.353 e. The molecule has 0 aliphatic rings. The van der Waals surface area contributed by atoms with Crippen LogP contribution in [0.15, 0.2) is 46.3 Å². The fourth-order valence-corrected chi connectivity index (χ4v) is 3.40. The zero-order valence-corrected chi connectivity index (χ0v) is 15.4. The number of benzene rings is 2. The van der Waals surface area contributed by atoms with Gasteiger partial charge in [0.25, 0.3) is 5.56 Å². The van der Waals surface area contributed by atoms with Crippen LogP contribution in [0.3, 0.4) is 0 Å². The van der Waals surface area contributed by atoms with E-state index in [1.54, 1.807) is 7.05 Å². The number of thioether (sulfide) groups is 1. The van der Waals surface area contributed by atoms with E-state index in [9.17, 15) is 9.59 Å². The third kappa shape index (κ3) is 3.69. The van der Waals surface area contributed by atoms with Gasteiger partial charge in [-0.15, -0.1) is 0 Å². The zero-order valence-electron chi connectivity index (χ0n) is 14.6. The Morgan fingerprint density at radius 1 is 1.28 bits per heavy atom. The average Bonchev–Trinajstić information content (AvgIpc) is 2.62. The second kappa shape index (κ2) is 7.27. The van der Waals surface area contributed by atoms with E-state index in [1.807, 2.05) is 50.2 Å². The maximum absolute atomic E-state index is 12.7. The van der Waals surface area contributed by atoms with E-state index in [-0.39, 0.29) is 23.3 Å². The molecule has 130 valence electrons. The highest BCUT2D eigenvalue weighted by molar-refractivity contribution is 7.99. The zero-order chi connectivity index (χ0) is 18.0. The molecule has 0 saturated carbocycles. The molecule has 1 heterocycles. The van der Waals surface area contributed by atoms with Gasteiger partial charge in [-0.3, -0.25) is 14.2 Å². The molecule has 2 aromatic carbocycles. The van der Waals surface area contributed by atoms with Gasteiger partial charge in [0.2, 0.25) is 5.91 Å². The molecule has 25 heavy (non-hydrogen) atoms. The smallest absolute Gasteiger partial charge is 0.261 e. The standard InChI is InChI=1S/C19H21N3O2S/c1-4-12(2)20-17(23)11-25-19-21-16-10-14-8-6-5-7-13(14)9-15(16)18(24)22(19)3/h5-10,12H,4,11H2,1-3H3,(H,20,23)/t12-/m1/s1. The van der Waals surface area contributed by atoms with E-state index in [1.165, 1.54) is 16.3 Å². The van der Waals surface area contributed by atoms with Crippen molar-refractivity contribution in [2.75, 3.05) is 5.75 Å². The molecule has 5 nitrogen and oxygen atoms in total. The van der Waals surface area contributed by atoms with E-state index < -0.39 is 0 Å². The van der Waals surface area contributed by atoms with Gasteiger partial charge >= 0.3 is 0 Å². The summed E-state index contributed by atoms with van der Waals surface area (Å²) in [5.41, 5.74) is 0.562. The van der Waals surface area contributed by atoms with Crippen LogP contribution < -0.4 is 10.9 Å². The fraction of sp³-hybridized carbons (Fsp3) is 0.316. The number of hydrogen-bond acceptors (Lipinski definition) is 4. The van der Waals surface area contributed by atoms with Crippen LogP contribution in [0, 0.1) is 0 Å². The molecule has 1 atom stereocenters. The van der Waals surface area contributed by atoms with Crippen LogP contribution in [0.1, 0.15) is 20.3 Å². The first-order valence-electron chi connectivity index (χ1n) is 8.31. The van der Waals surface area contributed by atoms with Crippen molar-refractivity contribution in [3.8, 4) is 0 Å². The summed E-state index contributed by atoms with van der Waals surface area (Å²) in [6.07, 6.45) is 0.885. The largest absolute Gasteiger partial charge is 0.353 e. The van der Waals surface area contributed by atoms with Gasteiger partial charge in [0.05, 0.1) is 16.7 Å². The van der Waals surface area contributed by atoms with Crippen LogP contribution in [-0.2, 0) is 11.8 Å². The molecule has 0 bridgehead atoms. The number of rotatable bonds is 5. The third-order valence-corrected chi connectivity index (χ3v) is 5.28. The number of amides is 1. The number of nitrogens with zero attached hydrogens (tertiary/aromatic N) is 2. The summed E-state index contributed by atoms with van der Waals surface area (Å²) in [6, 6.07) is 11.8. The van der Waals surface area contributed by atoms with E-state index in [0.29, 0.717) is 16.1 Å². The van der Waals surface area contributed by atoms with Crippen LogP contribution in [0.5, 0.6) is 0 Å². The fourth-order valence-electron chi connectivity index (χ4n) is 2.62. The molecule has 1 amide bonds. The summed E-state index contributed by atoms with van der Waals surface area (Å²) in [5, 5.41) is 6.12. The first kappa shape index (κ1) is 17.5. The second-order valence-corrected chi connectivity index (χ2v) is 7.08. The quantitative estimate of drug-likeness (QED) is 0.434. The molecule has 1 N–H and O–H groups in total. The van der Waals surface area contributed by atoms with Gasteiger partial charge in [0.15, 0.2) is 5.16 Å². The molecular formula is C19H21N3O2S. The Bertz CT molecular complexity index is 997. The maximum Gasteiger partial charge on any atom is 0.261 e. The number of fused-ring (bicyclic) bond motifs is 2. The lowest BCUT2D eigenvalue weighted by Gasteiger charge is -2.12. The van der Waals surface area contributed by atoms with Crippen molar-refractivity contribution < 1.29 is 4.79 Å². The Labute approximate surface area is 150 Å². The van der Waals surface area contributed by atoms with Gasteiger partial charge in [-0.2, -0.15) is 0 Å². The molecule has 0 spiro atoms. The normalized spacial score (nSPS) is 12.4. The molecule has 1 aromatic heterocycles. The predicted octanol–water partition coefficient (Wildman–Crippen LogP) is 3.09. The Balaban J connectivity index is 1.93. The van der Waals surface area contributed by atoms with Crippen LogP contribution in [0.25, 0.3) is 21.7 Å². The average molecular weight is 355 g/mol. The van der Waals surface area contributed by atoms with Crippen molar-refractivity contribution in [1.82, 2.24) is 14.9 Å². The van der Waals surface area contributed by atoms with Crippen molar-refractivity contribution in [2.45, 2.75) is 31.5 Å². The molecule has 0 aliphatic carbocycles. The number of carbonyl (C=O) groups is 1. The van der Waals surface area contributed by atoms with Crippen LogP contribution >= 0.6 is 11.8 Å². The van der Waals surface area contributed by atoms with E-state index in [4.69, 9.17) is 0 Å². The monoisotopic (exact) mass is 355 g/mol. The van der Waals surface area contributed by atoms with Crippen LogP contribution in [0.4, 0.5) is 0 Å². The highest BCUT2D eigenvalue weighted by Crippen LogP contribution is 2.22. The first-order chi connectivity index (χ1) is 12.0. The Morgan fingerprint density at radius 3 is 2.64 bits per heavy atom. The number of aromatic nitrogens is 2. The lowest BCUT2D eigenvalue weighted by atomic mass is 10.1. The minimum atomic E-state index is -0.0967. The third-order valence-electron chi connectivity index (χ3n) is 4.25. The van der Waals surface area contributed by atoms with Crippen molar-refractivity contribution in [1.29, 1.82) is 0 Å². The maximum atomic E-state index is 12.7. The Hall–Kier alpha value is -2.34. The summed E-state index contributed by atoms with van der Waals surface area (Å²) in [5.74, 6) is 0.191. The van der Waals surface area contributed by atoms with Gasteiger partial charge in [-0.1, -0.05) is 43.0 Å². The molecule has 0 fully saturated rings. The van der Waals surface area contributed by atoms with Crippen molar-refractivity contribution in [3.63, 3.8) is 0 Å². The molecule has 3 rings (SSSR count). The van der Waals surface area contributed by atoms with Gasteiger partial charge in [0, 0.05) is 13.1 Å². The number of carbonyl (C=O) groups excluding carboxylic acids is 1. The number of nitrogens with one attached hydrogen (secondary N) is 1. The summed E-state index contributed by atoms with van der Waals surface area (Å²) in [4.78, 5) is 29.2. The summed E-state index contributed by atoms with van der Waals surface area (Å²) < 4.78 is 1.51. The van der Waals surface area contributed by atoms with E-state index in [2.05, 4.69) is 10.3 Å². The molecule has 0 aliphatic heterocycles. The molecule has 0 saturated heterocycles. The van der Waals surface area contributed by atoms with Gasteiger partial charge in [-0.05, 0) is 36.2 Å². The SMILES string of the molecule is CC[C@@H](C)NC(=O)CSc1nc2cc3ccccc3cc2c(=O)n1C. The van der Waals surface area contributed by atoms with Crippen molar-refractivity contribution in [2.24, 2.45) is 7.05 Å². The van der Waals surface area contributed by atoms with Crippen LogP contribution in [-0.4, -0.2) is 27.3 Å². The highest BCUT2D eigenvalue weighted by Gasteiger charge is 2.12. The Kier molecular flexibility index (Phi) is 5.08. The van der Waals surface area contributed by atoms with Gasteiger partial charge in [0.1, 0.15) is 0 Å². The van der Waals surface area contributed by atoms with Crippen molar-refractivity contribution in [3.05, 3.63) is 46.8 Å². The topological polar surface area (TPSA) is 64.0 Å². The lowest BCUT2D eigenvalue weighted by Crippen LogP contribution is -2.33. The molecule has 6 heteroatoms. The number of hydrogen-bond donors (Lipinski definition) is 1. The van der Waals surface area contributed by atoms with Crippen molar-refractivity contribution >= 4 is 39.3 Å². The van der Waals surface area contributed by atoms with Gasteiger partial charge in [-0.25, -0.2) is 4.98 Å².